The molecule has 0 radical (unpaired) electrons. The predicted molar refractivity (Wildman–Crippen MR) is 72.2 cm³/mol. The van der Waals surface area contributed by atoms with Crippen LogP contribution in [0.25, 0.3) is 0 Å². The lowest BCUT2D eigenvalue weighted by Gasteiger charge is -2.52. The fraction of sp³-hybridized carbons (Fsp3) is 0.692. The number of nitrogens with two attached hydrogens (primary N) is 1. The van der Waals surface area contributed by atoms with Crippen LogP contribution in [-0.4, -0.2) is 36.7 Å². The van der Waals surface area contributed by atoms with Crippen LogP contribution in [0.5, 0.6) is 0 Å². The minimum atomic E-state index is 0.157. The molecule has 17 heavy (non-hydrogen) atoms. The average Bonchev–Trinajstić information content (AvgIpc) is 2.75. The van der Waals surface area contributed by atoms with Crippen LogP contribution in [-0.2, 0) is 11.3 Å². The number of hydrogen-bond acceptors (Lipinski definition) is 4. The van der Waals surface area contributed by atoms with Gasteiger partial charge in [-0.05, 0) is 38.3 Å². The monoisotopic (exact) mass is 254 g/mol. The van der Waals surface area contributed by atoms with Gasteiger partial charge in [0.05, 0.1) is 6.10 Å². The van der Waals surface area contributed by atoms with Gasteiger partial charge in [-0.3, -0.25) is 4.90 Å². The Balaban J connectivity index is 1.91. The largest absolute Gasteiger partial charge is 0.378 e. The Labute approximate surface area is 108 Å². The molecule has 0 atom stereocenters. The third-order valence-corrected chi connectivity index (χ3v) is 4.64. The van der Waals surface area contributed by atoms with Crippen molar-refractivity contribution in [3.8, 4) is 0 Å². The highest BCUT2D eigenvalue weighted by atomic mass is 32.1. The Morgan fingerprint density at radius 3 is 2.88 bits per heavy atom. The van der Waals surface area contributed by atoms with E-state index < -0.39 is 0 Å². The van der Waals surface area contributed by atoms with E-state index in [1.54, 1.807) is 0 Å². The molecular formula is C13H22N2OS. The standard InChI is InChI=1S/C13H22N2OS/c1-3-16-11-7-13(8-11,10-14)15(2)9-12-5-4-6-17-12/h4-6,11H,3,7-10,14H2,1-2H3. The van der Waals surface area contributed by atoms with Gasteiger partial charge in [0.1, 0.15) is 0 Å². The fourth-order valence-corrected chi connectivity index (χ4v) is 3.34. The van der Waals surface area contributed by atoms with E-state index in [1.807, 2.05) is 11.3 Å². The van der Waals surface area contributed by atoms with Gasteiger partial charge in [0, 0.05) is 30.1 Å². The van der Waals surface area contributed by atoms with Crippen LogP contribution >= 0.6 is 11.3 Å². The highest BCUT2D eigenvalue weighted by molar-refractivity contribution is 7.09. The molecule has 1 aliphatic carbocycles. The maximum Gasteiger partial charge on any atom is 0.0611 e. The molecule has 0 spiro atoms. The van der Waals surface area contributed by atoms with E-state index in [4.69, 9.17) is 10.5 Å². The molecular weight excluding hydrogens is 232 g/mol. The summed E-state index contributed by atoms with van der Waals surface area (Å²) >= 11 is 1.81. The van der Waals surface area contributed by atoms with Crippen LogP contribution in [0.3, 0.4) is 0 Å². The minimum absolute atomic E-state index is 0.157. The molecule has 1 fully saturated rings. The quantitative estimate of drug-likeness (QED) is 0.844. The van der Waals surface area contributed by atoms with E-state index in [-0.39, 0.29) is 5.54 Å². The van der Waals surface area contributed by atoms with Crippen molar-refractivity contribution in [1.29, 1.82) is 0 Å². The van der Waals surface area contributed by atoms with Crippen LogP contribution in [0.2, 0.25) is 0 Å². The smallest absolute Gasteiger partial charge is 0.0611 e. The van der Waals surface area contributed by atoms with E-state index in [0.29, 0.717) is 6.10 Å². The van der Waals surface area contributed by atoms with Gasteiger partial charge < -0.3 is 10.5 Å². The van der Waals surface area contributed by atoms with Crippen LogP contribution < -0.4 is 5.73 Å². The maximum atomic E-state index is 5.96. The number of likely N-dealkylation sites (N-methyl/N-ethyl adjacent to an activating group) is 1. The van der Waals surface area contributed by atoms with Gasteiger partial charge >= 0.3 is 0 Å². The fourth-order valence-electron chi connectivity index (χ4n) is 2.58. The summed E-state index contributed by atoms with van der Waals surface area (Å²) < 4.78 is 5.64. The third kappa shape index (κ3) is 2.71. The molecule has 1 aromatic heterocycles. The Hall–Kier alpha value is -0.420. The molecule has 2 rings (SSSR count). The van der Waals surface area contributed by atoms with Crippen molar-refractivity contribution in [3.05, 3.63) is 22.4 Å². The topological polar surface area (TPSA) is 38.5 Å². The van der Waals surface area contributed by atoms with Gasteiger partial charge in [-0.15, -0.1) is 11.3 Å². The summed E-state index contributed by atoms with van der Waals surface area (Å²) in [5.74, 6) is 0. The van der Waals surface area contributed by atoms with Gasteiger partial charge in [-0.25, -0.2) is 0 Å². The molecule has 0 aromatic carbocycles. The zero-order valence-electron chi connectivity index (χ0n) is 10.7. The van der Waals surface area contributed by atoms with Gasteiger partial charge in [-0.1, -0.05) is 6.07 Å². The molecule has 0 aliphatic heterocycles. The van der Waals surface area contributed by atoms with E-state index >= 15 is 0 Å². The van der Waals surface area contributed by atoms with Crippen molar-refractivity contribution < 1.29 is 4.74 Å². The van der Waals surface area contributed by atoms with Gasteiger partial charge in [0.15, 0.2) is 0 Å². The zero-order chi connectivity index (χ0) is 12.3. The molecule has 1 aromatic rings. The van der Waals surface area contributed by atoms with Gasteiger partial charge in [0.25, 0.3) is 0 Å². The molecule has 1 heterocycles. The predicted octanol–water partition coefficient (Wildman–Crippen LogP) is 2.08. The summed E-state index contributed by atoms with van der Waals surface area (Å²) in [6, 6.07) is 4.29. The van der Waals surface area contributed by atoms with E-state index in [2.05, 4.69) is 36.4 Å². The second kappa shape index (κ2) is 5.48. The highest BCUT2D eigenvalue weighted by Crippen LogP contribution is 2.39. The summed E-state index contributed by atoms with van der Waals surface area (Å²) in [6.07, 6.45) is 2.55. The molecule has 0 unspecified atom stereocenters. The van der Waals surface area contributed by atoms with Crippen molar-refractivity contribution in [2.45, 2.75) is 38.0 Å². The zero-order valence-corrected chi connectivity index (χ0v) is 11.5. The lowest BCUT2D eigenvalue weighted by molar-refractivity contribution is -0.0945. The number of nitrogens with zero attached hydrogens (tertiary/aromatic N) is 1. The molecule has 4 heteroatoms. The Morgan fingerprint density at radius 1 is 1.59 bits per heavy atom. The second-order valence-electron chi connectivity index (χ2n) is 4.85. The first-order valence-corrected chi connectivity index (χ1v) is 7.13. The summed E-state index contributed by atoms with van der Waals surface area (Å²) in [5, 5.41) is 2.13. The summed E-state index contributed by atoms with van der Waals surface area (Å²) in [5.41, 5.74) is 6.12. The van der Waals surface area contributed by atoms with Crippen molar-refractivity contribution in [2.75, 3.05) is 20.2 Å². The summed E-state index contributed by atoms with van der Waals surface area (Å²) in [7, 11) is 2.18. The first kappa shape index (κ1) is 13.0. The highest BCUT2D eigenvalue weighted by Gasteiger charge is 2.46. The van der Waals surface area contributed by atoms with Crippen LogP contribution in [0.1, 0.15) is 24.6 Å². The number of thiophene rings is 1. The third-order valence-electron chi connectivity index (χ3n) is 3.78. The Bertz CT molecular complexity index is 333. The van der Waals surface area contributed by atoms with E-state index in [1.165, 1.54) is 4.88 Å². The van der Waals surface area contributed by atoms with Crippen LogP contribution in [0, 0.1) is 0 Å². The normalized spacial score (nSPS) is 28.4. The van der Waals surface area contributed by atoms with Gasteiger partial charge in [-0.2, -0.15) is 0 Å². The number of rotatable bonds is 6. The maximum absolute atomic E-state index is 5.96. The molecule has 96 valence electrons. The van der Waals surface area contributed by atoms with Gasteiger partial charge in [0.2, 0.25) is 0 Å². The van der Waals surface area contributed by atoms with Crippen molar-refractivity contribution >= 4 is 11.3 Å². The van der Waals surface area contributed by atoms with Crippen molar-refractivity contribution in [3.63, 3.8) is 0 Å². The first-order chi connectivity index (χ1) is 8.20. The SMILES string of the molecule is CCOC1CC(CN)(N(C)Cc2cccs2)C1. The lowest BCUT2D eigenvalue weighted by Crippen LogP contribution is -2.62. The lowest BCUT2D eigenvalue weighted by atomic mass is 9.73. The second-order valence-corrected chi connectivity index (χ2v) is 5.88. The molecule has 0 bridgehead atoms. The molecule has 0 amide bonds. The number of hydrogen-bond donors (Lipinski definition) is 1. The number of ether oxygens (including phenoxy) is 1. The molecule has 2 N–H and O–H groups in total. The Morgan fingerprint density at radius 2 is 2.35 bits per heavy atom. The van der Waals surface area contributed by atoms with E-state index in [0.717, 1.165) is 32.5 Å². The minimum Gasteiger partial charge on any atom is -0.378 e. The van der Waals surface area contributed by atoms with Crippen molar-refractivity contribution in [2.24, 2.45) is 5.73 Å². The van der Waals surface area contributed by atoms with Crippen LogP contribution in [0.4, 0.5) is 0 Å². The molecule has 1 saturated carbocycles. The summed E-state index contributed by atoms with van der Waals surface area (Å²) in [6.45, 7) is 4.57. The van der Waals surface area contributed by atoms with Crippen molar-refractivity contribution in [1.82, 2.24) is 4.90 Å². The first-order valence-electron chi connectivity index (χ1n) is 6.25. The molecule has 3 nitrogen and oxygen atoms in total. The van der Waals surface area contributed by atoms with Crippen LogP contribution in [0.15, 0.2) is 17.5 Å². The molecule has 1 aliphatic rings. The average molecular weight is 254 g/mol. The van der Waals surface area contributed by atoms with E-state index in [9.17, 15) is 0 Å². The summed E-state index contributed by atoms with van der Waals surface area (Å²) in [4.78, 5) is 3.80. The molecule has 0 saturated heterocycles. The Kier molecular flexibility index (Phi) is 4.20.